The number of urea groups is 1. The van der Waals surface area contributed by atoms with Gasteiger partial charge in [0.15, 0.2) is 6.35 Å². The number of aliphatic hydroxyl groups is 1. The van der Waals surface area contributed by atoms with E-state index < -0.39 is 24.3 Å². The molecule has 0 heterocycles. The second-order valence-corrected chi connectivity index (χ2v) is 8.42. The number of benzene rings is 2. The molecule has 0 spiro atoms. The van der Waals surface area contributed by atoms with Gasteiger partial charge in [-0.15, -0.1) is 5.53 Å². The molecule has 2 aromatic carbocycles. The molecule has 0 saturated carbocycles. The SMILES string of the molecule is C=Cc1ccc(CNC(O)N(C[C@H](C)C(=O)O)C(=O)NNNc2ccc(OC(C)C)c(C)c2)cc1. The van der Waals surface area contributed by atoms with E-state index in [0.29, 0.717) is 5.69 Å². The second-order valence-electron chi connectivity index (χ2n) is 8.42. The Morgan fingerprint density at radius 1 is 1.14 bits per heavy atom. The number of amides is 2. The fourth-order valence-electron chi connectivity index (χ4n) is 3.10. The predicted octanol–water partition coefficient (Wildman–Crippen LogP) is 3.05. The number of aryl methyl sites for hydroxylation is 1. The lowest BCUT2D eigenvalue weighted by Gasteiger charge is -2.30. The van der Waals surface area contributed by atoms with E-state index in [-0.39, 0.29) is 19.2 Å². The molecule has 0 radical (unpaired) electrons. The number of hydrazine groups is 2. The van der Waals surface area contributed by atoms with Crippen molar-refractivity contribution in [2.24, 2.45) is 5.92 Å². The average molecular weight is 486 g/mol. The maximum atomic E-state index is 12.8. The number of ether oxygens (including phenoxy) is 1. The first-order chi connectivity index (χ1) is 16.6. The van der Waals surface area contributed by atoms with Gasteiger partial charge in [-0.1, -0.05) is 43.8 Å². The molecule has 2 rings (SSSR count). The van der Waals surface area contributed by atoms with E-state index in [4.69, 9.17) is 4.74 Å². The third-order valence-electron chi connectivity index (χ3n) is 5.07. The molecule has 2 atom stereocenters. The Hall–Kier alpha value is -3.60. The lowest BCUT2D eigenvalue weighted by Crippen LogP contribution is -2.57. The summed E-state index contributed by atoms with van der Waals surface area (Å²) in [7, 11) is 0. The zero-order valence-electron chi connectivity index (χ0n) is 20.5. The third-order valence-corrected chi connectivity index (χ3v) is 5.07. The quantitative estimate of drug-likeness (QED) is 0.188. The number of nitrogens with zero attached hydrogens (tertiary/aromatic N) is 1. The Kier molecular flexibility index (Phi) is 10.5. The summed E-state index contributed by atoms with van der Waals surface area (Å²) in [4.78, 5) is 25.1. The molecule has 0 fully saturated rings. The average Bonchev–Trinajstić information content (AvgIpc) is 2.82. The minimum absolute atomic E-state index is 0.0515. The maximum Gasteiger partial charge on any atom is 0.336 e. The minimum Gasteiger partial charge on any atom is -0.491 e. The monoisotopic (exact) mass is 485 g/mol. The van der Waals surface area contributed by atoms with Crippen molar-refractivity contribution in [2.45, 2.75) is 46.7 Å². The van der Waals surface area contributed by atoms with E-state index in [9.17, 15) is 19.8 Å². The Labute approximate surface area is 205 Å². The van der Waals surface area contributed by atoms with E-state index >= 15 is 0 Å². The van der Waals surface area contributed by atoms with Crippen molar-refractivity contribution in [3.8, 4) is 5.75 Å². The van der Waals surface area contributed by atoms with Crippen LogP contribution in [0.2, 0.25) is 0 Å². The number of carbonyl (C=O) groups is 2. The normalized spacial score (nSPS) is 12.5. The number of carbonyl (C=O) groups excluding carboxylic acids is 1. The van der Waals surface area contributed by atoms with Gasteiger partial charge in [0.1, 0.15) is 5.75 Å². The molecule has 0 aliphatic heterocycles. The van der Waals surface area contributed by atoms with Gasteiger partial charge in [-0.25, -0.2) is 4.79 Å². The van der Waals surface area contributed by atoms with Gasteiger partial charge in [0.25, 0.3) is 0 Å². The smallest absolute Gasteiger partial charge is 0.336 e. The number of anilines is 1. The van der Waals surface area contributed by atoms with Crippen LogP contribution in [0.1, 0.15) is 37.5 Å². The molecular formula is C25H35N5O5. The van der Waals surface area contributed by atoms with Crippen LogP contribution in [0.3, 0.4) is 0 Å². The summed E-state index contributed by atoms with van der Waals surface area (Å²) in [5.74, 6) is -1.22. The first-order valence-corrected chi connectivity index (χ1v) is 11.3. The topological polar surface area (TPSA) is 135 Å². The summed E-state index contributed by atoms with van der Waals surface area (Å²) in [5.41, 5.74) is 11.3. The summed E-state index contributed by atoms with van der Waals surface area (Å²) in [6.07, 6.45) is 0.352. The standard InChI is InChI=1S/C25H35N5O5/c1-6-19-7-9-20(10-8-19)14-26-24(33)30(15-18(5)23(31)32)25(34)28-29-27-21-11-12-22(17(4)13-21)35-16(2)3/h6-13,16,18,24,26-27,29,33H,1,14-15H2,2-5H3,(H,28,34)(H,31,32)/t18-,24?/m0/s1. The van der Waals surface area contributed by atoms with Crippen molar-refractivity contribution in [1.82, 2.24) is 21.2 Å². The predicted molar refractivity (Wildman–Crippen MR) is 135 cm³/mol. The van der Waals surface area contributed by atoms with Crippen LogP contribution in [0.15, 0.2) is 49.0 Å². The summed E-state index contributed by atoms with van der Waals surface area (Å²) in [5, 5.41) is 22.7. The molecule has 0 aromatic heterocycles. The van der Waals surface area contributed by atoms with Crippen LogP contribution in [-0.2, 0) is 11.3 Å². The highest BCUT2D eigenvalue weighted by atomic mass is 16.5. The number of aliphatic hydroxyl groups excluding tert-OH is 1. The van der Waals surface area contributed by atoms with Crippen molar-refractivity contribution in [3.05, 3.63) is 65.7 Å². The zero-order valence-corrected chi connectivity index (χ0v) is 20.5. The molecule has 0 bridgehead atoms. The molecule has 10 nitrogen and oxygen atoms in total. The van der Waals surface area contributed by atoms with Crippen molar-refractivity contribution < 1.29 is 24.5 Å². The van der Waals surface area contributed by atoms with Crippen molar-refractivity contribution >= 4 is 23.8 Å². The van der Waals surface area contributed by atoms with E-state index in [1.807, 2.05) is 57.2 Å². The van der Waals surface area contributed by atoms with E-state index in [2.05, 4.69) is 28.3 Å². The van der Waals surface area contributed by atoms with Crippen LogP contribution in [0.25, 0.3) is 6.08 Å². The summed E-state index contributed by atoms with van der Waals surface area (Å²) >= 11 is 0. The van der Waals surface area contributed by atoms with Crippen LogP contribution in [0, 0.1) is 12.8 Å². The molecule has 6 N–H and O–H groups in total. The van der Waals surface area contributed by atoms with E-state index in [1.54, 1.807) is 12.1 Å². The first kappa shape index (κ1) is 27.6. The van der Waals surface area contributed by atoms with Crippen molar-refractivity contribution in [1.29, 1.82) is 0 Å². The molecule has 0 saturated heterocycles. The summed E-state index contributed by atoms with van der Waals surface area (Å²) < 4.78 is 5.71. The number of rotatable bonds is 13. The number of nitrogens with one attached hydrogen (secondary N) is 4. The molecular weight excluding hydrogens is 450 g/mol. The second kappa shape index (κ2) is 13.3. The van der Waals surface area contributed by atoms with Gasteiger partial charge in [-0.2, -0.15) is 0 Å². The molecule has 0 aliphatic rings. The highest BCUT2D eigenvalue weighted by Crippen LogP contribution is 2.22. The molecule has 2 aromatic rings. The highest BCUT2D eigenvalue weighted by Gasteiger charge is 2.26. The highest BCUT2D eigenvalue weighted by molar-refractivity contribution is 5.75. The van der Waals surface area contributed by atoms with Gasteiger partial charge in [-0.05, 0) is 55.7 Å². The van der Waals surface area contributed by atoms with Crippen LogP contribution in [0.5, 0.6) is 5.75 Å². The number of carboxylic acids is 1. The lowest BCUT2D eigenvalue weighted by atomic mass is 10.1. The minimum atomic E-state index is -1.42. The molecule has 1 unspecified atom stereocenters. The molecule has 10 heteroatoms. The molecule has 190 valence electrons. The molecule has 35 heavy (non-hydrogen) atoms. The first-order valence-electron chi connectivity index (χ1n) is 11.3. The molecule has 0 aliphatic carbocycles. The number of carboxylic acid groups (broad SMARTS) is 1. The van der Waals surface area contributed by atoms with Gasteiger partial charge in [0.05, 0.1) is 17.7 Å². The van der Waals surface area contributed by atoms with Gasteiger partial charge in [0.2, 0.25) is 0 Å². The van der Waals surface area contributed by atoms with E-state index in [0.717, 1.165) is 27.3 Å². The Balaban J connectivity index is 1.97. The van der Waals surface area contributed by atoms with Crippen LogP contribution in [-0.4, -0.2) is 46.1 Å². The van der Waals surface area contributed by atoms with E-state index in [1.165, 1.54) is 6.92 Å². The van der Waals surface area contributed by atoms with Crippen LogP contribution in [0.4, 0.5) is 10.5 Å². The number of aliphatic carboxylic acids is 1. The molecule has 2 amide bonds. The fourth-order valence-corrected chi connectivity index (χ4v) is 3.10. The summed E-state index contributed by atoms with van der Waals surface area (Å²) in [6.45, 7) is 11.0. The van der Waals surface area contributed by atoms with Gasteiger partial charge < -0.3 is 20.4 Å². The largest absolute Gasteiger partial charge is 0.491 e. The lowest BCUT2D eigenvalue weighted by molar-refractivity contribution is -0.142. The fraction of sp³-hybridized carbons (Fsp3) is 0.360. The zero-order chi connectivity index (χ0) is 26.0. The Morgan fingerprint density at radius 2 is 1.83 bits per heavy atom. The number of hydrogen-bond donors (Lipinski definition) is 6. The van der Waals surface area contributed by atoms with Crippen LogP contribution >= 0.6 is 0 Å². The van der Waals surface area contributed by atoms with Crippen molar-refractivity contribution in [2.75, 3.05) is 12.0 Å². The maximum absolute atomic E-state index is 12.8. The van der Waals surface area contributed by atoms with Gasteiger partial charge in [-0.3, -0.25) is 20.4 Å². The van der Waals surface area contributed by atoms with Crippen LogP contribution < -0.4 is 26.4 Å². The Bertz CT molecular complexity index is 996. The third kappa shape index (κ3) is 8.93. The Morgan fingerprint density at radius 3 is 2.40 bits per heavy atom. The van der Waals surface area contributed by atoms with Gasteiger partial charge in [0, 0.05) is 13.1 Å². The summed E-state index contributed by atoms with van der Waals surface area (Å²) in [6, 6.07) is 12.2. The van der Waals surface area contributed by atoms with Gasteiger partial charge >= 0.3 is 12.0 Å². The number of hydrogen-bond acceptors (Lipinski definition) is 7. The van der Waals surface area contributed by atoms with Crippen molar-refractivity contribution in [3.63, 3.8) is 0 Å².